The number of fused-ring (bicyclic) bond motifs is 2. The van der Waals surface area contributed by atoms with Crippen LogP contribution in [0.3, 0.4) is 0 Å². The van der Waals surface area contributed by atoms with E-state index in [1.165, 1.54) is 12.8 Å². The normalized spacial score (nSPS) is 33.5. The fourth-order valence-electron chi connectivity index (χ4n) is 6.87. The Morgan fingerprint density at radius 3 is 2.37 bits per heavy atom. The Kier molecular flexibility index (Phi) is 6.87. The Morgan fingerprint density at radius 1 is 1.14 bits per heavy atom. The molecule has 1 aromatic heterocycles. The van der Waals surface area contributed by atoms with Crippen molar-refractivity contribution in [2.45, 2.75) is 96.8 Å². The second-order valence-electron chi connectivity index (χ2n) is 12.6. The van der Waals surface area contributed by atoms with Gasteiger partial charge in [0.25, 0.3) is 0 Å². The summed E-state index contributed by atoms with van der Waals surface area (Å²) in [6.07, 6.45) is 6.38. The number of aromatic nitrogens is 2. The Labute approximate surface area is 221 Å². The first-order valence-corrected chi connectivity index (χ1v) is 13.2. The third kappa shape index (κ3) is 4.42. The SMILES string of the molecule is CC(C)(C)n1ccc(C2C[C@@H](C(=O)N[C@H]3CC4CC[C@]3(C)C4(C)C)N[C@H]2c2ccc(Cl)cc2)n1.Cl. The standard InChI is InChI=1S/C28H39ClN4O.ClH/c1-26(2,3)33-14-12-21(32-33)20-16-22(30-24(20)17-7-9-19(29)10-8-17)25(34)31-23-15-18-11-13-28(23,6)27(18,4)5;/h7-10,12,14,18,20,22-24,30H,11,13,15-16H2,1-6H3,(H,31,34);1H/t18?,20?,22-,23-,24-,28-;/m0./s1. The van der Waals surface area contributed by atoms with Crippen LogP contribution in [0.1, 0.15) is 90.4 Å². The highest BCUT2D eigenvalue weighted by atomic mass is 35.5. The van der Waals surface area contributed by atoms with E-state index in [9.17, 15) is 4.79 Å². The van der Waals surface area contributed by atoms with Crippen molar-refractivity contribution < 1.29 is 4.79 Å². The molecule has 2 aromatic rings. The highest BCUT2D eigenvalue weighted by Crippen LogP contribution is 2.65. The number of hydrogen-bond acceptors (Lipinski definition) is 3. The van der Waals surface area contributed by atoms with Crippen LogP contribution in [-0.4, -0.2) is 27.8 Å². The van der Waals surface area contributed by atoms with E-state index in [4.69, 9.17) is 16.7 Å². The van der Waals surface area contributed by atoms with Crippen LogP contribution < -0.4 is 10.6 Å². The van der Waals surface area contributed by atoms with Gasteiger partial charge in [-0.2, -0.15) is 5.10 Å². The molecule has 2 unspecified atom stereocenters. The van der Waals surface area contributed by atoms with Crippen molar-refractivity contribution in [3.8, 4) is 0 Å². The molecule has 1 saturated heterocycles. The molecule has 1 amide bonds. The Bertz CT molecular complexity index is 1070. The molecule has 5 nitrogen and oxygen atoms in total. The number of carbonyl (C=O) groups excluding carboxylic acids is 1. The maximum Gasteiger partial charge on any atom is 0.237 e. The lowest BCUT2D eigenvalue weighted by Crippen LogP contribution is -2.51. The maximum atomic E-state index is 13.6. The van der Waals surface area contributed by atoms with Gasteiger partial charge in [-0.15, -0.1) is 12.4 Å². The monoisotopic (exact) mass is 518 g/mol. The van der Waals surface area contributed by atoms with E-state index in [0.29, 0.717) is 5.92 Å². The number of benzene rings is 1. The molecule has 2 bridgehead atoms. The quantitative estimate of drug-likeness (QED) is 0.504. The summed E-state index contributed by atoms with van der Waals surface area (Å²) in [6, 6.07) is 10.1. The highest BCUT2D eigenvalue weighted by molar-refractivity contribution is 6.30. The first-order valence-electron chi connectivity index (χ1n) is 12.8. The van der Waals surface area contributed by atoms with Crippen molar-refractivity contribution in [1.82, 2.24) is 20.4 Å². The fourth-order valence-corrected chi connectivity index (χ4v) is 6.99. The Balaban J connectivity index is 0.00000289. The molecule has 1 aromatic carbocycles. The molecule has 6 atom stereocenters. The number of carbonyl (C=O) groups is 1. The number of nitrogens with zero attached hydrogens (tertiary/aromatic N) is 2. The van der Waals surface area contributed by atoms with E-state index in [1.54, 1.807) is 0 Å². The zero-order valence-corrected chi connectivity index (χ0v) is 23.3. The van der Waals surface area contributed by atoms with Gasteiger partial charge in [-0.1, -0.05) is 44.5 Å². The summed E-state index contributed by atoms with van der Waals surface area (Å²) in [7, 11) is 0. The number of rotatable bonds is 4. The fraction of sp³-hybridized carbons (Fsp3) is 0.643. The Morgan fingerprint density at radius 2 is 1.83 bits per heavy atom. The van der Waals surface area contributed by atoms with Crippen molar-refractivity contribution in [3.63, 3.8) is 0 Å². The van der Waals surface area contributed by atoms with E-state index >= 15 is 0 Å². The van der Waals surface area contributed by atoms with Gasteiger partial charge in [-0.05, 0) is 87.0 Å². The highest BCUT2D eigenvalue weighted by Gasteiger charge is 2.61. The molecule has 2 saturated carbocycles. The van der Waals surface area contributed by atoms with Crippen molar-refractivity contribution in [2.24, 2.45) is 16.7 Å². The lowest BCUT2D eigenvalue weighted by molar-refractivity contribution is -0.124. The average Bonchev–Trinajstić information content (AvgIpc) is 3.50. The number of nitrogens with one attached hydrogen (secondary N) is 2. The number of hydrogen-bond donors (Lipinski definition) is 2. The third-order valence-corrected chi connectivity index (χ3v) is 9.86. The molecule has 1 aliphatic heterocycles. The molecule has 2 aliphatic carbocycles. The minimum Gasteiger partial charge on any atom is -0.351 e. The molecule has 35 heavy (non-hydrogen) atoms. The van der Waals surface area contributed by atoms with E-state index in [-0.39, 0.29) is 58.7 Å². The lowest BCUT2D eigenvalue weighted by atomic mass is 9.69. The van der Waals surface area contributed by atoms with Crippen molar-refractivity contribution in [3.05, 3.63) is 52.8 Å². The largest absolute Gasteiger partial charge is 0.351 e. The van der Waals surface area contributed by atoms with Crippen LogP contribution in [0, 0.1) is 16.7 Å². The van der Waals surface area contributed by atoms with Crippen LogP contribution in [0.4, 0.5) is 0 Å². The summed E-state index contributed by atoms with van der Waals surface area (Å²) in [5.41, 5.74) is 2.55. The van der Waals surface area contributed by atoms with Gasteiger partial charge in [-0.25, -0.2) is 0 Å². The predicted molar refractivity (Wildman–Crippen MR) is 144 cm³/mol. The van der Waals surface area contributed by atoms with E-state index < -0.39 is 0 Å². The summed E-state index contributed by atoms with van der Waals surface area (Å²) < 4.78 is 2.02. The second-order valence-corrected chi connectivity index (χ2v) is 13.1. The van der Waals surface area contributed by atoms with Crippen molar-refractivity contribution in [1.29, 1.82) is 0 Å². The van der Waals surface area contributed by atoms with Gasteiger partial charge in [0.05, 0.1) is 17.3 Å². The molecule has 2 heterocycles. The van der Waals surface area contributed by atoms with Crippen LogP contribution >= 0.6 is 24.0 Å². The van der Waals surface area contributed by atoms with Crippen LogP contribution in [0.2, 0.25) is 5.02 Å². The van der Waals surface area contributed by atoms with Gasteiger partial charge < -0.3 is 5.32 Å². The summed E-state index contributed by atoms with van der Waals surface area (Å²) in [5.74, 6) is 0.953. The first-order chi connectivity index (χ1) is 15.9. The van der Waals surface area contributed by atoms with E-state index in [2.05, 4.69) is 76.6 Å². The first kappa shape index (κ1) is 26.5. The van der Waals surface area contributed by atoms with Crippen LogP contribution in [0.5, 0.6) is 0 Å². The molecule has 0 spiro atoms. The molecular weight excluding hydrogens is 479 g/mol. The van der Waals surface area contributed by atoms with Crippen LogP contribution in [0.25, 0.3) is 0 Å². The van der Waals surface area contributed by atoms with Gasteiger partial charge in [0.15, 0.2) is 0 Å². The zero-order chi connectivity index (χ0) is 24.5. The van der Waals surface area contributed by atoms with Gasteiger partial charge in [0.2, 0.25) is 5.91 Å². The molecule has 5 rings (SSSR count). The second kappa shape index (κ2) is 9.08. The number of halogens is 2. The van der Waals surface area contributed by atoms with E-state index in [0.717, 1.165) is 29.1 Å². The van der Waals surface area contributed by atoms with E-state index in [1.807, 2.05) is 16.8 Å². The molecule has 2 N–H and O–H groups in total. The summed E-state index contributed by atoms with van der Waals surface area (Å²) >= 11 is 6.17. The topological polar surface area (TPSA) is 59.0 Å². The molecular formula is C28H40Cl2N4O. The van der Waals surface area contributed by atoms with Gasteiger partial charge in [0, 0.05) is 29.2 Å². The minimum atomic E-state index is -0.240. The molecule has 3 fully saturated rings. The molecule has 192 valence electrons. The van der Waals surface area contributed by atoms with Gasteiger partial charge in [-0.3, -0.25) is 14.8 Å². The van der Waals surface area contributed by atoms with Crippen LogP contribution in [-0.2, 0) is 10.3 Å². The minimum absolute atomic E-state index is 0. The number of amides is 1. The third-order valence-electron chi connectivity index (χ3n) is 9.61. The molecule has 3 aliphatic rings. The summed E-state index contributed by atoms with van der Waals surface area (Å²) in [4.78, 5) is 13.6. The molecule has 0 radical (unpaired) electrons. The van der Waals surface area contributed by atoms with Gasteiger partial charge >= 0.3 is 0 Å². The smallest absolute Gasteiger partial charge is 0.237 e. The van der Waals surface area contributed by atoms with Crippen LogP contribution in [0.15, 0.2) is 36.5 Å². The Hall–Kier alpha value is -1.56. The lowest BCUT2D eigenvalue weighted by Gasteiger charge is -2.39. The maximum absolute atomic E-state index is 13.6. The summed E-state index contributed by atoms with van der Waals surface area (Å²) in [5, 5.41) is 12.8. The zero-order valence-electron chi connectivity index (χ0n) is 21.8. The summed E-state index contributed by atoms with van der Waals surface area (Å²) in [6.45, 7) is 13.6. The average molecular weight is 520 g/mol. The van der Waals surface area contributed by atoms with Crippen molar-refractivity contribution in [2.75, 3.05) is 0 Å². The van der Waals surface area contributed by atoms with Gasteiger partial charge in [0.1, 0.15) is 0 Å². The molecule has 7 heteroatoms. The van der Waals surface area contributed by atoms with Crippen molar-refractivity contribution >= 4 is 29.9 Å². The predicted octanol–water partition coefficient (Wildman–Crippen LogP) is 6.23.